The zero-order valence-corrected chi connectivity index (χ0v) is 24.2. The Morgan fingerprint density at radius 1 is 0.452 bits per heavy atom. The summed E-state index contributed by atoms with van der Waals surface area (Å²) in [6.45, 7) is 0. The average molecular weight is 565 g/mol. The molecule has 0 spiro atoms. The molecular formula is C35H36N2O5. The molecular weight excluding hydrogens is 528 g/mol. The first kappa shape index (κ1) is 27.8. The van der Waals surface area contributed by atoms with E-state index in [0.29, 0.717) is 0 Å². The van der Waals surface area contributed by atoms with Gasteiger partial charge in [-0.05, 0) is 70.8 Å². The molecule has 42 heavy (non-hydrogen) atoms. The molecule has 2 aliphatic rings. The fourth-order valence-corrected chi connectivity index (χ4v) is 6.62. The molecule has 2 saturated heterocycles. The monoisotopic (exact) mass is 564 g/mol. The predicted molar refractivity (Wildman–Crippen MR) is 161 cm³/mol. The minimum absolute atomic E-state index is 0.203. The molecule has 7 nitrogen and oxygen atoms in total. The van der Waals surface area contributed by atoms with Gasteiger partial charge in [0.2, 0.25) is 0 Å². The normalized spacial score (nSPS) is 25.0. The summed E-state index contributed by atoms with van der Waals surface area (Å²) in [6.07, 6.45) is 0. The molecule has 2 aliphatic heterocycles. The van der Waals surface area contributed by atoms with Gasteiger partial charge in [-0.3, -0.25) is 4.79 Å². The number of methoxy groups -OCH3 is 4. The van der Waals surface area contributed by atoms with Gasteiger partial charge in [0.15, 0.2) is 0 Å². The van der Waals surface area contributed by atoms with Gasteiger partial charge in [0.05, 0.1) is 40.3 Å². The highest BCUT2D eigenvalue weighted by Gasteiger charge is 2.55. The topological polar surface area (TPSA) is 78.1 Å². The molecule has 4 aromatic carbocycles. The molecule has 2 heterocycles. The number of hydrogen-bond acceptors (Lipinski definition) is 7. The number of ether oxygens (including phenoxy) is 4. The molecule has 4 atom stereocenters. The lowest BCUT2D eigenvalue weighted by molar-refractivity contribution is -0.139. The van der Waals surface area contributed by atoms with E-state index in [1.807, 2.05) is 72.8 Å². The standard InChI is InChI=1S/C35H36N2O5/c1-39-25-13-5-9-21(17-25)31-29-32(22-10-6-14-26(18-22)40-2)37-34(24-12-8-16-28(20-24)42-4)30(35(29)38)33(36-31)23-11-7-15-27(19-23)41-3/h5-20,29-34,36-37H,1-4H3. The Morgan fingerprint density at radius 2 is 0.714 bits per heavy atom. The largest absolute Gasteiger partial charge is 0.497 e. The SMILES string of the molecule is COc1cccc(C2NC(c3cccc(OC)c3)C3C(=O)C2C(c2cccc(OC)c2)NC3c2cccc(OC)c2)c1. The molecule has 0 aromatic heterocycles. The molecule has 2 N–H and O–H groups in total. The van der Waals surface area contributed by atoms with E-state index in [1.165, 1.54) is 0 Å². The van der Waals surface area contributed by atoms with Crippen LogP contribution in [0.1, 0.15) is 46.4 Å². The van der Waals surface area contributed by atoms with Crippen molar-refractivity contribution in [2.75, 3.05) is 28.4 Å². The Labute approximate surface area is 246 Å². The first-order valence-corrected chi connectivity index (χ1v) is 14.2. The summed E-state index contributed by atoms with van der Waals surface area (Å²) in [5.74, 6) is 2.41. The molecule has 0 aliphatic carbocycles. The Hall–Kier alpha value is -4.33. The highest BCUT2D eigenvalue weighted by atomic mass is 16.5. The first-order valence-electron chi connectivity index (χ1n) is 14.2. The third kappa shape index (κ3) is 5.10. The van der Waals surface area contributed by atoms with Crippen molar-refractivity contribution in [3.8, 4) is 23.0 Å². The van der Waals surface area contributed by atoms with E-state index in [4.69, 9.17) is 18.9 Å². The Kier molecular flexibility index (Phi) is 7.87. The van der Waals surface area contributed by atoms with Crippen LogP contribution in [0.5, 0.6) is 23.0 Å². The van der Waals surface area contributed by atoms with Crippen molar-refractivity contribution >= 4 is 5.78 Å². The Bertz CT molecular complexity index is 1350. The zero-order valence-electron chi connectivity index (χ0n) is 24.2. The fourth-order valence-electron chi connectivity index (χ4n) is 6.62. The van der Waals surface area contributed by atoms with Crippen LogP contribution in [-0.2, 0) is 4.79 Å². The fraction of sp³-hybridized carbons (Fsp3) is 0.286. The minimum atomic E-state index is -0.391. The summed E-state index contributed by atoms with van der Waals surface area (Å²) in [7, 11) is 6.64. The van der Waals surface area contributed by atoms with Gasteiger partial charge in [0.25, 0.3) is 0 Å². The van der Waals surface area contributed by atoms with Crippen LogP contribution in [0.15, 0.2) is 97.1 Å². The van der Waals surface area contributed by atoms with E-state index in [2.05, 4.69) is 34.9 Å². The lowest BCUT2D eigenvalue weighted by atomic mass is 9.64. The maximum atomic E-state index is 15.0. The molecule has 4 aromatic rings. The zero-order chi connectivity index (χ0) is 29.2. The molecule has 6 rings (SSSR count). The van der Waals surface area contributed by atoms with Crippen molar-refractivity contribution in [1.82, 2.24) is 10.6 Å². The summed E-state index contributed by atoms with van der Waals surface area (Å²) >= 11 is 0. The summed E-state index contributed by atoms with van der Waals surface area (Å²) in [5, 5.41) is 7.89. The van der Waals surface area contributed by atoms with Gasteiger partial charge >= 0.3 is 0 Å². The number of fused-ring (bicyclic) bond motifs is 2. The second-order valence-corrected chi connectivity index (χ2v) is 10.8. The van der Waals surface area contributed by atoms with Crippen LogP contribution in [0.3, 0.4) is 0 Å². The first-order chi connectivity index (χ1) is 20.5. The quantitative estimate of drug-likeness (QED) is 0.272. The van der Waals surface area contributed by atoms with Gasteiger partial charge < -0.3 is 29.6 Å². The van der Waals surface area contributed by atoms with Crippen LogP contribution >= 0.6 is 0 Å². The number of piperidine rings is 2. The number of carbonyl (C=O) groups excluding carboxylic acids is 1. The van der Waals surface area contributed by atoms with Gasteiger partial charge in [0.1, 0.15) is 28.8 Å². The molecule has 4 unspecified atom stereocenters. The minimum Gasteiger partial charge on any atom is -0.497 e. The average Bonchev–Trinajstić information content (AvgIpc) is 3.05. The molecule has 2 fully saturated rings. The third-order valence-electron chi connectivity index (χ3n) is 8.62. The van der Waals surface area contributed by atoms with E-state index in [1.54, 1.807) is 28.4 Å². The van der Waals surface area contributed by atoms with Crippen LogP contribution in [0.25, 0.3) is 0 Å². The van der Waals surface area contributed by atoms with Crippen LogP contribution in [0, 0.1) is 11.8 Å². The second-order valence-electron chi connectivity index (χ2n) is 10.8. The van der Waals surface area contributed by atoms with Crippen molar-refractivity contribution in [1.29, 1.82) is 0 Å². The maximum Gasteiger partial charge on any atom is 0.146 e. The van der Waals surface area contributed by atoms with E-state index in [0.717, 1.165) is 45.3 Å². The summed E-state index contributed by atoms with van der Waals surface area (Å²) in [6, 6.07) is 30.8. The number of carbonyl (C=O) groups is 1. The molecule has 216 valence electrons. The number of ketones is 1. The predicted octanol–water partition coefficient (Wildman–Crippen LogP) is 5.99. The number of nitrogens with one attached hydrogen (secondary N) is 2. The van der Waals surface area contributed by atoms with Gasteiger partial charge in [-0.25, -0.2) is 0 Å². The summed E-state index contributed by atoms with van der Waals surface area (Å²) in [5.41, 5.74) is 3.98. The summed E-state index contributed by atoms with van der Waals surface area (Å²) in [4.78, 5) is 15.0. The van der Waals surface area contributed by atoms with Gasteiger partial charge in [-0.2, -0.15) is 0 Å². The maximum absolute atomic E-state index is 15.0. The number of hydrogen-bond donors (Lipinski definition) is 2. The van der Waals surface area contributed by atoms with Gasteiger partial charge in [-0.15, -0.1) is 0 Å². The smallest absolute Gasteiger partial charge is 0.146 e. The number of Topliss-reactive ketones (excluding diaryl/α,β-unsaturated/α-hetero) is 1. The molecule has 0 radical (unpaired) electrons. The highest BCUT2D eigenvalue weighted by Crippen LogP contribution is 2.52. The second kappa shape index (κ2) is 11.9. The van der Waals surface area contributed by atoms with E-state index in [-0.39, 0.29) is 30.0 Å². The number of rotatable bonds is 8. The van der Waals surface area contributed by atoms with Gasteiger partial charge in [-0.1, -0.05) is 48.5 Å². The van der Waals surface area contributed by atoms with Crippen molar-refractivity contribution < 1.29 is 23.7 Å². The van der Waals surface area contributed by atoms with Crippen LogP contribution in [-0.4, -0.2) is 34.2 Å². The van der Waals surface area contributed by atoms with E-state index >= 15 is 0 Å². The highest BCUT2D eigenvalue weighted by molar-refractivity contribution is 5.89. The lowest BCUT2D eigenvalue weighted by Crippen LogP contribution is -2.60. The Balaban J connectivity index is 1.54. The van der Waals surface area contributed by atoms with Crippen LogP contribution in [0.2, 0.25) is 0 Å². The van der Waals surface area contributed by atoms with E-state index < -0.39 is 11.8 Å². The van der Waals surface area contributed by atoms with E-state index in [9.17, 15) is 4.79 Å². The van der Waals surface area contributed by atoms with Crippen LogP contribution < -0.4 is 29.6 Å². The number of benzene rings is 4. The van der Waals surface area contributed by atoms with Crippen molar-refractivity contribution in [3.63, 3.8) is 0 Å². The molecule has 0 amide bonds. The summed E-state index contributed by atoms with van der Waals surface area (Å²) < 4.78 is 22.3. The lowest BCUT2D eigenvalue weighted by Gasteiger charge is -2.52. The Morgan fingerprint density at radius 3 is 0.952 bits per heavy atom. The van der Waals surface area contributed by atoms with Crippen LogP contribution in [0.4, 0.5) is 0 Å². The molecule has 7 heteroatoms. The van der Waals surface area contributed by atoms with Crippen molar-refractivity contribution in [3.05, 3.63) is 119 Å². The molecule has 2 bridgehead atoms. The van der Waals surface area contributed by atoms with Crippen molar-refractivity contribution in [2.24, 2.45) is 11.8 Å². The molecule has 0 saturated carbocycles. The van der Waals surface area contributed by atoms with Gasteiger partial charge in [0, 0.05) is 24.2 Å². The third-order valence-corrected chi connectivity index (χ3v) is 8.62. The van der Waals surface area contributed by atoms with Crippen molar-refractivity contribution in [2.45, 2.75) is 24.2 Å².